The van der Waals surface area contributed by atoms with Gasteiger partial charge in [0.1, 0.15) is 0 Å². The molecule has 1 aliphatic carbocycles. The maximum absolute atomic E-state index is 11.9. The highest BCUT2D eigenvalue weighted by Gasteiger charge is 2.18. The number of benzene rings is 2. The van der Waals surface area contributed by atoms with Crippen molar-refractivity contribution < 1.29 is 14.3 Å². The molecule has 0 heterocycles. The van der Waals surface area contributed by atoms with Crippen LogP contribution in [0.5, 0.6) is 0 Å². The highest BCUT2D eigenvalue weighted by atomic mass is 35.5. The Morgan fingerprint density at radius 2 is 1.88 bits per heavy atom. The lowest BCUT2D eigenvalue weighted by Gasteiger charge is -2.12. The van der Waals surface area contributed by atoms with Gasteiger partial charge in [0, 0.05) is 21.3 Å². The zero-order valence-electron chi connectivity index (χ0n) is 13.8. The number of carbonyl (C=O) groups is 2. The van der Waals surface area contributed by atoms with Gasteiger partial charge in [0.25, 0.3) is 5.91 Å². The van der Waals surface area contributed by atoms with Crippen LogP contribution in [-0.4, -0.2) is 30.3 Å². The average molecular weight is 378 g/mol. The van der Waals surface area contributed by atoms with Crippen LogP contribution in [0.2, 0.25) is 5.02 Å². The summed E-state index contributed by atoms with van der Waals surface area (Å²) in [4.78, 5) is 24.6. The zero-order chi connectivity index (χ0) is 17.6. The van der Waals surface area contributed by atoms with E-state index in [1.54, 1.807) is 0 Å². The van der Waals surface area contributed by atoms with Gasteiger partial charge in [-0.15, -0.1) is 11.8 Å². The average Bonchev–Trinajstić information content (AvgIpc) is 3.11. The molecule has 0 saturated heterocycles. The maximum Gasteiger partial charge on any atom is 0.316 e. The number of amides is 1. The molecule has 2 aromatic carbocycles. The highest BCUT2D eigenvalue weighted by Crippen LogP contribution is 2.33. The molecule has 0 aromatic heterocycles. The number of ether oxygens (including phenoxy) is 1. The summed E-state index contributed by atoms with van der Waals surface area (Å²) in [5.74, 6) is -0.491. The van der Waals surface area contributed by atoms with Gasteiger partial charge in [-0.2, -0.15) is 0 Å². The maximum atomic E-state index is 11.9. The molecule has 3 rings (SSSR count). The first kappa shape index (κ1) is 18.1. The predicted molar refractivity (Wildman–Crippen MR) is 101 cm³/mol. The normalized spacial score (nSPS) is 14.6. The van der Waals surface area contributed by atoms with Gasteiger partial charge >= 0.3 is 5.97 Å². The molecular formula is C19H20ClNO3S. The monoisotopic (exact) mass is 377 g/mol. The van der Waals surface area contributed by atoms with E-state index in [-0.39, 0.29) is 24.3 Å². The summed E-state index contributed by atoms with van der Waals surface area (Å²) < 4.78 is 5.07. The number of hydrogen-bond acceptors (Lipinski definition) is 4. The van der Waals surface area contributed by atoms with Gasteiger partial charge in [0.05, 0.1) is 5.75 Å². The Hall–Kier alpha value is -1.72. The van der Waals surface area contributed by atoms with E-state index < -0.39 is 5.97 Å². The Morgan fingerprint density at radius 3 is 2.64 bits per heavy atom. The lowest BCUT2D eigenvalue weighted by atomic mass is 10.1. The second-order valence-corrected chi connectivity index (χ2v) is 7.52. The summed E-state index contributed by atoms with van der Waals surface area (Å²) in [5.41, 5.74) is 0. The van der Waals surface area contributed by atoms with E-state index in [1.165, 1.54) is 11.8 Å². The van der Waals surface area contributed by atoms with E-state index >= 15 is 0 Å². The number of esters is 1. The molecule has 0 atom stereocenters. The molecule has 1 aliphatic rings. The standard InChI is InChI=1S/C19H20ClNO3S/c20-15-9-3-5-13-6-4-10-16(19(13)15)25-12-18(23)24-11-17(22)21-14-7-1-2-8-14/h3-6,9-10,14H,1-2,7-8,11-12H2,(H,21,22). The third kappa shape index (κ3) is 4.89. The molecule has 6 heteroatoms. The summed E-state index contributed by atoms with van der Waals surface area (Å²) >= 11 is 7.64. The lowest BCUT2D eigenvalue weighted by Crippen LogP contribution is -2.36. The van der Waals surface area contributed by atoms with E-state index in [2.05, 4.69) is 5.32 Å². The highest BCUT2D eigenvalue weighted by molar-refractivity contribution is 8.00. The molecule has 0 unspecified atom stereocenters. The molecule has 4 nitrogen and oxygen atoms in total. The lowest BCUT2D eigenvalue weighted by molar-refractivity contribution is -0.146. The third-order valence-electron chi connectivity index (χ3n) is 4.25. The van der Waals surface area contributed by atoms with Crippen molar-refractivity contribution in [1.29, 1.82) is 0 Å². The SMILES string of the molecule is O=C(COC(=O)CSc1cccc2cccc(Cl)c12)NC1CCCC1. The quantitative estimate of drug-likeness (QED) is 0.605. The summed E-state index contributed by atoms with van der Waals surface area (Å²) in [5, 5.41) is 5.52. The number of halogens is 1. The van der Waals surface area contributed by atoms with Gasteiger partial charge in [0.2, 0.25) is 0 Å². The molecule has 1 N–H and O–H groups in total. The number of hydrogen-bond donors (Lipinski definition) is 1. The van der Waals surface area contributed by atoms with Gasteiger partial charge in [-0.1, -0.05) is 48.7 Å². The van der Waals surface area contributed by atoms with Crippen molar-refractivity contribution in [2.75, 3.05) is 12.4 Å². The Bertz CT molecular complexity index is 769. The Labute approximate surface area is 156 Å². The fraction of sp³-hybridized carbons (Fsp3) is 0.368. The fourth-order valence-corrected chi connectivity index (χ4v) is 4.29. The number of thioether (sulfide) groups is 1. The number of carbonyl (C=O) groups excluding carboxylic acids is 2. The van der Waals surface area contributed by atoms with Crippen LogP contribution in [0.4, 0.5) is 0 Å². The van der Waals surface area contributed by atoms with E-state index in [9.17, 15) is 9.59 Å². The molecular weight excluding hydrogens is 358 g/mol. The van der Waals surface area contributed by atoms with Crippen molar-refractivity contribution in [2.45, 2.75) is 36.6 Å². The number of fused-ring (bicyclic) bond motifs is 1. The first-order valence-corrected chi connectivity index (χ1v) is 9.75. The molecule has 0 aliphatic heterocycles. The Balaban J connectivity index is 1.50. The second-order valence-electron chi connectivity index (χ2n) is 6.09. The van der Waals surface area contributed by atoms with Crippen molar-refractivity contribution in [1.82, 2.24) is 5.32 Å². The molecule has 132 valence electrons. The van der Waals surface area contributed by atoms with E-state index in [0.717, 1.165) is 41.4 Å². The van der Waals surface area contributed by atoms with Crippen LogP contribution in [0, 0.1) is 0 Å². The Morgan fingerprint density at radius 1 is 1.16 bits per heavy atom. The van der Waals surface area contributed by atoms with Crippen LogP contribution >= 0.6 is 23.4 Å². The first-order chi connectivity index (χ1) is 12.1. The van der Waals surface area contributed by atoms with Gasteiger partial charge in [-0.25, -0.2) is 0 Å². The largest absolute Gasteiger partial charge is 0.455 e. The van der Waals surface area contributed by atoms with Crippen LogP contribution < -0.4 is 5.32 Å². The summed E-state index contributed by atoms with van der Waals surface area (Å²) in [7, 11) is 0. The second kappa shape index (κ2) is 8.59. The van der Waals surface area contributed by atoms with Crippen LogP contribution in [0.15, 0.2) is 41.3 Å². The van der Waals surface area contributed by atoms with Crippen molar-refractivity contribution in [2.24, 2.45) is 0 Å². The summed E-state index contributed by atoms with van der Waals surface area (Å²) in [6, 6.07) is 11.8. The molecule has 25 heavy (non-hydrogen) atoms. The minimum Gasteiger partial charge on any atom is -0.455 e. The zero-order valence-corrected chi connectivity index (χ0v) is 15.4. The summed E-state index contributed by atoms with van der Waals surface area (Å²) in [6.07, 6.45) is 4.32. The van der Waals surface area contributed by atoms with Crippen molar-refractivity contribution >= 4 is 46.0 Å². The molecule has 1 fully saturated rings. The van der Waals surface area contributed by atoms with Crippen LogP contribution in [0.25, 0.3) is 10.8 Å². The first-order valence-electron chi connectivity index (χ1n) is 8.38. The molecule has 0 spiro atoms. The molecule has 2 aromatic rings. The Kier molecular flexibility index (Phi) is 6.21. The summed E-state index contributed by atoms with van der Waals surface area (Å²) in [6.45, 7) is -0.216. The van der Waals surface area contributed by atoms with Crippen LogP contribution in [-0.2, 0) is 14.3 Å². The van der Waals surface area contributed by atoms with Gasteiger partial charge in [-0.3, -0.25) is 9.59 Å². The smallest absolute Gasteiger partial charge is 0.316 e. The van der Waals surface area contributed by atoms with E-state index in [4.69, 9.17) is 16.3 Å². The number of nitrogens with one attached hydrogen (secondary N) is 1. The minimum absolute atomic E-state index is 0.140. The topological polar surface area (TPSA) is 55.4 Å². The van der Waals surface area contributed by atoms with Crippen molar-refractivity contribution in [3.8, 4) is 0 Å². The predicted octanol–water partition coefficient (Wildman–Crippen LogP) is 4.19. The van der Waals surface area contributed by atoms with E-state index in [1.807, 2.05) is 36.4 Å². The van der Waals surface area contributed by atoms with Crippen molar-refractivity contribution in [3.05, 3.63) is 41.4 Å². The molecule has 1 amide bonds. The van der Waals surface area contributed by atoms with Crippen LogP contribution in [0.3, 0.4) is 0 Å². The molecule has 1 saturated carbocycles. The number of rotatable bonds is 6. The van der Waals surface area contributed by atoms with E-state index in [0.29, 0.717) is 5.02 Å². The molecule has 0 bridgehead atoms. The van der Waals surface area contributed by atoms with Crippen molar-refractivity contribution in [3.63, 3.8) is 0 Å². The third-order valence-corrected chi connectivity index (χ3v) is 5.59. The van der Waals surface area contributed by atoms with Crippen LogP contribution in [0.1, 0.15) is 25.7 Å². The minimum atomic E-state index is -0.407. The van der Waals surface area contributed by atoms with Gasteiger partial charge in [-0.05, 0) is 30.4 Å². The van der Waals surface area contributed by atoms with Gasteiger partial charge < -0.3 is 10.1 Å². The fourth-order valence-electron chi connectivity index (χ4n) is 3.05. The van der Waals surface area contributed by atoms with Gasteiger partial charge in [0.15, 0.2) is 6.61 Å². The molecule has 0 radical (unpaired) electrons.